The number of hydrogen-bond donors (Lipinski definition) is 2. The lowest BCUT2D eigenvalue weighted by atomic mass is 9.96. The average Bonchev–Trinajstić information content (AvgIpc) is 2.97. The molecule has 2 N–H and O–H groups in total. The van der Waals surface area contributed by atoms with Crippen molar-refractivity contribution in [1.82, 2.24) is 9.88 Å². The van der Waals surface area contributed by atoms with Crippen molar-refractivity contribution in [2.45, 2.75) is 19.8 Å². The molecule has 0 aliphatic carbocycles. The zero-order chi connectivity index (χ0) is 20.7. The zero-order valence-electron chi connectivity index (χ0n) is 15.3. The van der Waals surface area contributed by atoms with Crippen molar-refractivity contribution in [2.75, 3.05) is 7.05 Å². The van der Waals surface area contributed by atoms with E-state index in [9.17, 15) is 19.1 Å². The van der Waals surface area contributed by atoms with E-state index in [2.05, 4.69) is 5.32 Å². The SMILES string of the molecule is CNC(=O)C(C)c1c(C)n(C(=O)c2ccc(Cl)c(Cl)c2)c2ccc(O)c(F)c12. The summed E-state index contributed by atoms with van der Waals surface area (Å²) >= 11 is 11.9. The van der Waals surface area contributed by atoms with Crippen LogP contribution in [0.3, 0.4) is 0 Å². The van der Waals surface area contributed by atoms with Gasteiger partial charge in [-0.25, -0.2) is 4.39 Å². The molecule has 0 aliphatic heterocycles. The van der Waals surface area contributed by atoms with Crippen LogP contribution in [0.4, 0.5) is 4.39 Å². The van der Waals surface area contributed by atoms with Crippen molar-refractivity contribution in [3.8, 4) is 5.75 Å². The first-order valence-corrected chi connectivity index (χ1v) is 9.18. The monoisotopic (exact) mass is 422 g/mol. The van der Waals surface area contributed by atoms with E-state index >= 15 is 0 Å². The van der Waals surface area contributed by atoms with Gasteiger partial charge in [-0.15, -0.1) is 0 Å². The Kier molecular flexibility index (Phi) is 5.37. The number of aromatic nitrogens is 1. The Labute approximate surface area is 170 Å². The predicted molar refractivity (Wildman–Crippen MR) is 107 cm³/mol. The van der Waals surface area contributed by atoms with Crippen molar-refractivity contribution < 1.29 is 19.1 Å². The van der Waals surface area contributed by atoms with E-state index in [0.29, 0.717) is 16.3 Å². The Morgan fingerprint density at radius 1 is 1.18 bits per heavy atom. The van der Waals surface area contributed by atoms with Gasteiger partial charge in [0.15, 0.2) is 11.6 Å². The second-order valence-corrected chi connectivity index (χ2v) is 7.21. The standard InChI is InChI=1S/C20H17Cl2FN2O3/c1-9(19(27)24-3)16-10(2)25(14-6-7-15(26)18(23)17(14)16)20(28)11-4-5-12(21)13(22)8-11/h4-9,26H,1-3H3,(H,24,27). The van der Waals surface area contributed by atoms with Gasteiger partial charge in [0.1, 0.15) is 0 Å². The number of rotatable bonds is 3. The minimum atomic E-state index is -0.882. The van der Waals surface area contributed by atoms with Gasteiger partial charge >= 0.3 is 0 Å². The molecule has 0 bridgehead atoms. The van der Waals surface area contributed by atoms with E-state index in [1.165, 1.54) is 41.9 Å². The van der Waals surface area contributed by atoms with Gasteiger partial charge < -0.3 is 10.4 Å². The number of fused-ring (bicyclic) bond motifs is 1. The number of phenols is 1. The number of carbonyl (C=O) groups excluding carboxylic acids is 2. The lowest BCUT2D eigenvalue weighted by Crippen LogP contribution is -2.24. The number of carbonyl (C=O) groups is 2. The predicted octanol–water partition coefficient (Wildman–Crippen LogP) is 4.64. The van der Waals surface area contributed by atoms with E-state index in [1.54, 1.807) is 13.8 Å². The van der Waals surface area contributed by atoms with Crippen LogP contribution >= 0.6 is 23.2 Å². The van der Waals surface area contributed by atoms with Gasteiger partial charge in [0.2, 0.25) is 5.91 Å². The highest BCUT2D eigenvalue weighted by atomic mass is 35.5. The zero-order valence-corrected chi connectivity index (χ0v) is 16.8. The summed E-state index contributed by atoms with van der Waals surface area (Å²) in [5.41, 5.74) is 1.22. The minimum Gasteiger partial charge on any atom is -0.505 e. The number of nitrogens with zero attached hydrogens (tertiary/aromatic N) is 1. The number of nitrogens with one attached hydrogen (secondary N) is 1. The number of benzene rings is 2. The van der Waals surface area contributed by atoms with Crippen molar-refractivity contribution >= 4 is 45.9 Å². The summed E-state index contributed by atoms with van der Waals surface area (Å²) in [5.74, 6) is -2.98. The van der Waals surface area contributed by atoms with Gasteiger partial charge in [0.25, 0.3) is 5.91 Å². The average molecular weight is 423 g/mol. The van der Waals surface area contributed by atoms with Crippen LogP contribution in [0.15, 0.2) is 30.3 Å². The van der Waals surface area contributed by atoms with E-state index < -0.39 is 23.4 Å². The molecule has 0 radical (unpaired) electrons. The van der Waals surface area contributed by atoms with Crippen molar-refractivity contribution in [2.24, 2.45) is 0 Å². The van der Waals surface area contributed by atoms with Gasteiger partial charge in [0.05, 0.1) is 21.5 Å². The molecule has 2 aromatic carbocycles. The number of likely N-dealkylation sites (N-methyl/N-ethyl adjacent to an activating group) is 1. The summed E-state index contributed by atoms with van der Waals surface area (Å²) in [4.78, 5) is 25.4. The van der Waals surface area contributed by atoms with Crippen LogP contribution in [0.1, 0.15) is 34.5 Å². The van der Waals surface area contributed by atoms with Gasteiger partial charge in [0, 0.05) is 23.7 Å². The first-order chi connectivity index (χ1) is 13.2. The molecule has 146 valence electrons. The number of hydrogen-bond acceptors (Lipinski definition) is 3. The highest BCUT2D eigenvalue weighted by Crippen LogP contribution is 2.37. The lowest BCUT2D eigenvalue weighted by molar-refractivity contribution is -0.121. The van der Waals surface area contributed by atoms with Crippen LogP contribution in [0.5, 0.6) is 5.75 Å². The maximum atomic E-state index is 14.8. The third-order valence-corrected chi connectivity index (χ3v) is 5.52. The molecule has 0 spiro atoms. The Morgan fingerprint density at radius 2 is 1.86 bits per heavy atom. The first-order valence-electron chi connectivity index (χ1n) is 8.42. The molecule has 3 rings (SSSR count). The first kappa shape index (κ1) is 20.2. The van der Waals surface area contributed by atoms with E-state index in [4.69, 9.17) is 23.2 Å². The Bertz CT molecular complexity index is 1120. The molecule has 1 amide bonds. The number of halogens is 3. The van der Waals surface area contributed by atoms with Crippen LogP contribution in [0, 0.1) is 12.7 Å². The van der Waals surface area contributed by atoms with E-state index in [0.717, 1.165) is 0 Å². The van der Waals surface area contributed by atoms with Crippen molar-refractivity contribution in [1.29, 1.82) is 0 Å². The molecule has 28 heavy (non-hydrogen) atoms. The van der Waals surface area contributed by atoms with E-state index in [1.807, 2.05) is 0 Å². The van der Waals surface area contributed by atoms with Crippen molar-refractivity contribution in [3.63, 3.8) is 0 Å². The molecule has 5 nitrogen and oxygen atoms in total. The third-order valence-electron chi connectivity index (χ3n) is 4.78. The third kappa shape index (κ3) is 3.12. The molecule has 1 unspecified atom stereocenters. The topological polar surface area (TPSA) is 71.3 Å². The molecule has 1 atom stereocenters. The maximum absolute atomic E-state index is 14.8. The lowest BCUT2D eigenvalue weighted by Gasteiger charge is -2.12. The Balaban J connectivity index is 2.33. The van der Waals surface area contributed by atoms with Crippen LogP contribution in [0.2, 0.25) is 10.0 Å². The summed E-state index contributed by atoms with van der Waals surface area (Å²) in [6, 6.07) is 7.05. The summed E-state index contributed by atoms with van der Waals surface area (Å²) in [7, 11) is 1.47. The molecule has 1 heterocycles. The molecule has 0 fully saturated rings. The molecule has 0 aliphatic rings. The van der Waals surface area contributed by atoms with Crippen LogP contribution in [-0.2, 0) is 4.79 Å². The fraction of sp³-hybridized carbons (Fsp3) is 0.200. The molecule has 0 saturated carbocycles. The summed E-state index contributed by atoms with van der Waals surface area (Å²) in [5, 5.41) is 12.9. The van der Waals surface area contributed by atoms with Crippen LogP contribution < -0.4 is 5.32 Å². The highest BCUT2D eigenvalue weighted by Gasteiger charge is 2.29. The fourth-order valence-corrected chi connectivity index (χ4v) is 3.67. The molecule has 1 aromatic heterocycles. The summed E-state index contributed by atoms with van der Waals surface area (Å²) in [6.07, 6.45) is 0. The fourth-order valence-electron chi connectivity index (χ4n) is 3.38. The van der Waals surface area contributed by atoms with Crippen LogP contribution in [-0.4, -0.2) is 28.5 Å². The molecular formula is C20H17Cl2FN2O3. The van der Waals surface area contributed by atoms with Gasteiger partial charge in [-0.05, 0) is 49.7 Å². The summed E-state index contributed by atoms with van der Waals surface area (Å²) < 4.78 is 16.1. The van der Waals surface area contributed by atoms with Gasteiger partial charge in [-0.1, -0.05) is 23.2 Å². The normalized spacial score (nSPS) is 12.2. The molecule has 3 aromatic rings. The second kappa shape index (κ2) is 7.45. The van der Waals surface area contributed by atoms with E-state index in [-0.39, 0.29) is 27.4 Å². The number of amides is 1. The van der Waals surface area contributed by atoms with Gasteiger partial charge in [-0.3, -0.25) is 14.2 Å². The van der Waals surface area contributed by atoms with Crippen LogP contribution in [0.25, 0.3) is 10.9 Å². The number of aromatic hydroxyl groups is 1. The van der Waals surface area contributed by atoms with Gasteiger partial charge in [-0.2, -0.15) is 0 Å². The summed E-state index contributed by atoms with van der Waals surface area (Å²) in [6.45, 7) is 3.23. The largest absolute Gasteiger partial charge is 0.505 e. The second-order valence-electron chi connectivity index (χ2n) is 6.40. The highest BCUT2D eigenvalue weighted by molar-refractivity contribution is 6.42. The smallest absolute Gasteiger partial charge is 0.262 e. The minimum absolute atomic E-state index is 0.0296. The molecule has 8 heteroatoms. The Hall–Kier alpha value is -2.57. The molecular weight excluding hydrogens is 406 g/mol. The van der Waals surface area contributed by atoms with Crippen molar-refractivity contribution in [3.05, 3.63) is 63.0 Å². The maximum Gasteiger partial charge on any atom is 0.262 e. The number of phenolic OH excluding ortho intramolecular Hbond substituents is 1. The molecule has 0 saturated heterocycles. The Morgan fingerprint density at radius 3 is 2.46 bits per heavy atom. The quantitative estimate of drug-likeness (QED) is 0.645.